The zero-order valence-corrected chi connectivity index (χ0v) is 40.6. The van der Waals surface area contributed by atoms with Crippen LogP contribution in [0, 0.1) is 0 Å². The van der Waals surface area contributed by atoms with Gasteiger partial charge in [0.1, 0.15) is 23.8 Å². The number of methoxy groups -OCH3 is 2. The van der Waals surface area contributed by atoms with Gasteiger partial charge >= 0.3 is 18.3 Å². The number of ether oxygens (including phenoxy) is 2. The summed E-state index contributed by atoms with van der Waals surface area (Å²) >= 11 is 0. The first-order valence-electron chi connectivity index (χ1n) is 23.8. The summed E-state index contributed by atoms with van der Waals surface area (Å²) in [6, 6.07) is 14.6. The fourth-order valence-electron chi connectivity index (χ4n) is 8.80. The van der Waals surface area contributed by atoms with Gasteiger partial charge in [-0.3, -0.25) is 5.01 Å². The monoisotopic (exact) mass is 1080 g/mol. The van der Waals surface area contributed by atoms with Crippen LogP contribution in [0.5, 0.6) is 11.8 Å². The Labute approximate surface area is 438 Å². The standard InChI is InChI=1S/C25H19F3N8O3.C25H23F3N8O2.CH4/c1-39-23-19(20(14-4-5-14)30-12-31-23)21-29-9-15-10-32-35(22(15)33-21)11-13-2-6-16(7-3-13)36-17(24(37)38)8-18(34-36)25(26,27)28;1-38-24-20(21(15-4-5-15)30-13-31-24)22-29-9-16-10-32-35(23(16)33-22)11-14-2-6-17(7-3-14)36-18(12-37)8-19(34-36)25(26,27)28;/h2-3,6-10,12,14H,4-5,11H2,1H3,(H,37,38);2-3,6-9,13,15,32,37H,4-5,10-12H2,1H3;1H4. The number of alkyl halides is 6. The van der Waals surface area contributed by atoms with Crippen molar-refractivity contribution in [3.05, 3.63) is 143 Å². The Bertz CT molecular complexity index is 3670. The molecule has 0 unspecified atom stereocenters. The van der Waals surface area contributed by atoms with Gasteiger partial charge in [0.15, 0.2) is 40.2 Å². The lowest BCUT2D eigenvalue weighted by Gasteiger charge is -2.19. The van der Waals surface area contributed by atoms with Crippen LogP contribution in [0.2, 0.25) is 0 Å². The Kier molecular flexibility index (Phi) is 14.0. The fraction of sp³-hybridized carbons (Fsp3) is 0.294. The molecule has 3 aliphatic rings. The smallest absolute Gasteiger partial charge is 0.435 e. The first-order chi connectivity index (χ1) is 37.1. The van der Waals surface area contributed by atoms with Crippen LogP contribution in [-0.4, -0.2) is 99.6 Å². The van der Waals surface area contributed by atoms with Crippen molar-refractivity contribution in [2.75, 3.05) is 19.2 Å². The van der Waals surface area contributed by atoms with Gasteiger partial charge in [-0.1, -0.05) is 31.7 Å². The maximum Gasteiger partial charge on any atom is 0.435 e. The number of aliphatic hydroxyl groups excluding tert-OH is 1. The van der Waals surface area contributed by atoms with Crippen molar-refractivity contribution < 1.29 is 50.8 Å². The van der Waals surface area contributed by atoms with E-state index < -0.39 is 42.0 Å². The SMILES string of the molecule is C.COc1ncnc(C2CC2)c1-c1ncc2c(n1)N(Cc1ccc(-n3nc(C(F)(F)F)cc3CO)cc1)NC2.COc1ncnc(C2CC2)c1-c1ncc2cnn(Cc3ccc(-n4nc(C(F)(F)F)cc4C(=O)O)cc3)c2n1. The second-order valence-corrected chi connectivity index (χ2v) is 18.1. The van der Waals surface area contributed by atoms with E-state index in [0.717, 1.165) is 75.0 Å². The Balaban J connectivity index is 0.000000174. The molecule has 7 aromatic heterocycles. The van der Waals surface area contributed by atoms with Crippen LogP contribution in [0.15, 0.2) is 91.9 Å². The number of aromatic carboxylic acids is 1. The molecule has 78 heavy (non-hydrogen) atoms. The lowest BCUT2D eigenvalue weighted by Crippen LogP contribution is -2.31. The molecule has 0 radical (unpaired) electrons. The van der Waals surface area contributed by atoms with E-state index in [1.807, 2.05) is 5.01 Å². The summed E-state index contributed by atoms with van der Waals surface area (Å²) in [6.45, 7) is 0.720. The molecule has 0 atom stereocenters. The molecule has 0 saturated heterocycles. The molecule has 2 fully saturated rings. The molecular formula is C51H46F6N16O5. The maximum atomic E-state index is 13.1. The maximum absolute atomic E-state index is 13.1. The third-order valence-electron chi connectivity index (χ3n) is 12.9. The summed E-state index contributed by atoms with van der Waals surface area (Å²) < 4.78 is 93.1. The third-order valence-corrected chi connectivity index (χ3v) is 12.9. The van der Waals surface area contributed by atoms with Crippen molar-refractivity contribution in [2.45, 2.75) is 83.5 Å². The summed E-state index contributed by atoms with van der Waals surface area (Å²) in [4.78, 5) is 47.6. The number of nitrogens with zero attached hydrogens (tertiary/aromatic N) is 15. The van der Waals surface area contributed by atoms with E-state index in [2.05, 4.69) is 50.6 Å². The molecule has 2 aliphatic carbocycles. The summed E-state index contributed by atoms with van der Waals surface area (Å²) in [6.07, 6.45) is 2.82. The number of nitrogens with one attached hydrogen (secondary N) is 1. The van der Waals surface area contributed by atoms with Crippen LogP contribution >= 0.6 is 0 Å². The molecule has 2 aromatic carbocycles. The van der Waals surface area contributed by atoms with Gasteiger partial charge in [-0.25, -0.2) is 64.1 Å². The molecule has 21 nitrogen and oxygen atoms in total. The zero-order chi connectivity index (χ0) is 53.8. The Morgan fingerprint density at radius 2 is 1.23 bits per heavy atom. The number of anilines is 1. The topological polar surface area (TPSA) is 248 Å². The van der Waals surface area contributed by atoms with Crippen LogP contribution in [0.3, 0.4) is 0 Å². The summed E-state index contributed by atoms with van der Waals surface area (Å²) in [7, 11) is 3.09. The van der Waals surface area contributed by atoms with Gasteiger partial charge in [0.25, 0.3) is 0 Å². The average Bonchev–Trinajstić information content (AvgIpc) is 4.46. The first-order valence-corrected chi connectivity index (χ1v) is 23.8. The van der Waals surface area contributed by atoms with Gasteiger partial charge in [0.2, 0.25) is 11.8 Å². The fourth-order valence-corrected chi connectivity index (χ4v) is 8.80. The lowest BCUT2D eigenvalue weighted by atomic mass is 10.1. The quantitative estimate of drug-likeness (QED) is 0.0866. The zero-order valence-electron chi connectivity index (χ0n) is 40.6. The van der Waals surface area contributed by atoms with Gasteiger partial charge in [0, 0.05) is 42.4 Å². The normalized spacial score (nSPS) is 14.2. The Hall–Kier alpha value is -8.98. The number of halogens is 6. The van der Waals surface area contributed by atoms with E-state index in [1.54, 1.807) is 66.8 Å². The number of rotatable bonds is 14. The minimum absolute atomic E-state index is 0. The molecule has 0 bridgehead atoms. The van der Waals surface area contributed by atoms with Crippen molar-refractivity contribution in [1.29, 1.82) is 0 Å². The number of hydrogen-bond donors (Lipinski definition) is 3. The number of carboxylic acids is 1. The van der Waals surface area contributed by atoms with Crippen molar-refractivity contribution in [3.8, 4) is 45.9 Å². The highest BCUT2D eigenvalue weighted by atomic mass is 19.4. The highest BCUT2D eigenvalue weighted by Gasteiger charge is 2.38. The number of aromatic nitrogens is 14. The minimum atomic E-state index is -4.77. The molecule has 402 valence electrons. The van der Waals surface area contributed by atoms with Crippen LogP contribution in [-0.2, 0) is 38.6 Å². The Morgan fingerprint density at radius 1 is 0.692 bits per heavy atom. The van der Waals surface area contributed by atoms with E-state index >= 15 is 0 Å². The van der Waals surface area contributed by atoms with Crippen molar-refractivity contribution in [2.24, 2.45) is 0 Å². The summed E-state index contributed by atoms with van der Waals surface area (Å²) in [5.41, 5.74) is 7.23. The van der Waals surface area contributed by atoms with Crippen LogP contribution < -0.4 is 19.9 Å². The molecule has 9 aromatic rings. The molecule has 12 rings (SSSR count). The first kappa shape index (κ1) is 52.5. The molecule has 2 saturated carbocycles. The van der Waals surface area contributed by atoms with Crippen molar-refractivity contribution in [3.63, 3.8) is 0 Å². The van der Waals surface area contributed by atoms with Crippen molar-refractivity contribution >= 4 is 22.8 Å². The third kappa shape index (κ3) is 10.5. The second kappa shape index (κ2) is 20.9. The van der Waals surface area contributed by atoms with Gasteiger partial charge in [-0.05, 0) is 67.1 Å². The van der Waals surface area contributed by atoms with E-state index in [0.29, 0.717) is 82.2 Å². The van der Waals surface area contributed by atoms with E-state index in [4.69, 9.17) is 19.4 Å². The van der Waals surface area contributed by atoms with E-state index in [-0.39, 0.29) is 25.4 Å². The number of carboxylic acid groups (broad SMARTS) is 1. The van der Waals surface area contributed by atoms with Gasteiger partial charge in [-0.15, -0.1) is 0 Å². The molecule has 1 aliphatic heterocycles. The Morgan fingerprint density at radius 3 is 1.78 bits per heavy atom. The summed E-state index contributed by atoms with van der Waals surface area (Å²) in [5.74, 6) is 1.58. The molecule has 3 N–H and O–H groups in total. The minimum Gasteiger partial charge on any atom is -0.480 e. The molecule has 0 spiro atoms. The molecule has 8 heterocycles. The summed E-state index contributed by atoms with van der Waals surface area (Å²) in [5, 5.41) is 33.0. The molecule has 0 amide bonds. The number of aliphatic hydroxyl groups is 1. The van der Waals surface area contributed by atoms with E-state index in [9.17, 15) is 41.4 Å². The predicted octanol–water partition coefficient (Wildman–Crippen LogP) is 8.30. The highest BCUT2D eigenvalue weighted by Crippen LogP contribution is 2.46. The van der Waals surface area contributed by atoms with Gasteiger partial charge in [0.05, 0.1) is 74.0 Å². The number of fused-ring (bicyclic) bond motifs is 2. The molecular weight excluding hydrogens is 1030 g/mol. The van der Waals surface area contributed by atoms with Crippen LogP contribution in [0.25, 0.3) is 45.2 Å². The highest BCUT2D eigenvalue weighted by molar-refractivity contribution is 5.86. The number of hydrogen-bond acceptors (Lipinski definition) is 17. The number of benzene rings is 2. The van der Waals surface area contributed by atoms with Crippen LogP contribution in [0.4, 0.5) is 32.2 Å². The molecule has 27 heteroatoms. The van der Waals surface area contributed by atoms with Gasteiger partial charge in [-0.2, -0.15) is 41.6 Å². The second-order valence-electron chi connectivity index (χ2n) is 18.1. The lowest BCUT2D eigenvalue weighted by molar-refractivity contribution is -0.142. The van der Waals surface area contributed by atoms with Crippen LogP contribution in [0.1, 0.15) is 101 Å². The number of hydrazine groups is 1. The predicted molar refractivity (Wildman–Crippen MR) is 265 cm³/mol. The average molecular weight is 1080 g/mol. The van der Waals surface area contributed by atoms with Gasteiger partial charge < -0.3 is 19.7 Å². The largest absolute Gasteiger partial charge is 0.480 e. The number of carbonyl (C=O) groups is 1. The van der Waals surface area contributed by atoms with E-state index in [1.165, 1.54) is 31.9 Å². The van der Waals surface area contributed by atoms with Crippen molar-refractivity contribution in [1.82, 2.24) is 74.6 Å².